The van der Waals surface area contributed by atoms with Crippen molar-refractivity contribution >= 4 is 24.4 Å². The standard InChI is InChI=1S/C19H30BNO5/c1-12-10-14(21-16(22)24-17(2,3)4)13(11-15(12)23-9)20-25-18(5,6)19(7,8)26-20/h10-11H,1-9H3,(H,21,22). The lowest BCUT2D eigenvalue weighted by Crippen LogP contribution is -2.41. The zero-order chi connectivity index (χ0) is 19.9. The molecule has 1 amide bonds. The number of carbonyl (C=O) groups is 1. The topological polar surface area (TPSA) is 66.0 Å². The number of carbonyl (C=O) groups excluding carboxylic acids is 1. The van der Waals surface area contributed by atoms with E-state index in [1.54, 1.807) is 7.11 Å². The average Bonchev–Trinajstić information content (AvgIpc) is 2.65. The number of nitrogens with one attached hydrogen (secondary N) is 1. The van der Waals surface area contributed by atoms with Gasteiger partial charge >= 0.3 is 13.2 Å². The molecule has 0 aliphatic carbocycles. The van der Waals surface area contributed by atoms with Gasteiger partial charge in [-0.3, -0.25) is 5.32 Å². The van der Waals surface area contributed by atoms with Crippen molar-refractivity contribution < 1.29 is 23.6 Å². The third-order valence-electron chi connectivity index (χ3n) is 4.71. The highest BCUT2D eigenvalue weighted by Gasteiger charge is 2.52. The molecule has 6 nitrogen and oxygen atoms in total. The van der Waals surface area contributed by atoms with Gasteiger partial charge in [-0.1, -0.05) is 0 Å². The number of ether oxygens (including phenoxy) is 2. The van der Waals surface area contributed by atoms with Crippen molar-refractivity contribution in [2.24, 2.45) is 0 Å². The molecule has 1 fully saturated rings. The van der Waals surface area contributed by atoms with Crippen molar-refractivity contribution in [3.63, 3.8) is 0 Å². The number of methoxy groups -OCH3 is 1. The molecule has 7 heteroatoms. The summed E-state index contributed by atoms with van der Waals surface area (Å²) in [4.78, 5) is 12.3. The first kappa shape index (κ1) is 20.6. The highest BCUT2D eigenvalue weighted by molar-refractivity contribution is 6.64. The van der Waals surface area contributed by atoms with Crippen LogP contribution in [0.25, 0.3) is 0 Å². The molecular formula is C19H30BNO5. The lowest BCUT2D eigenvalue weighted by Gasteiger charge is -2.32. The van der Waals surface area contributed by atoms with Crippen molar-refractivity contribution in [2.75, 3.05) is 12.4 Å². The Labute approximate surface area is 156 Å². The molecule has 1 aromatic carbocycles. The molecule has 0 unspecified atom stereocenters. The predicted molar refractivity (Wildman–Crippen MR) is 103 cm³/mol. The highest BCUT2D eigenvalue weighted by atomic mass is 16.7. The van der Waals surface area contributed by atoms with E-state index in [-0.39, 0.29) is 0 Å². The first-order valence-electron chi connectivity index (χ1n) is 8.80. The fourth-order valence-electron chi connectivity index (χ4n) is 2.61. The van der Waals surface area contributed by atoms with E-state index in [0.717, 1.165) is 5.56 Å². The molecule has 1 heterocycles. The average molecular weight is 363 g/mol. The number of benzene rings is 1. The highest BCUT2D eigenvalue weighted by Crippen LogP contribution is 2.37. The molecule has 0 atom stereocenters. The molecule has 26 heavy (non-hydrogen) atoms. The van der Waals surface area contributed by atoms with Crippen LogP contribution in [0.2, 0.25) is 0 Å². The molecule has 1 saturated heterocycles. The first-order valence-corrected chi connectivity index (χ1v) is 8.80. The van der Waals surface area contributed by atoms with Crippen molar-refractivity contribution in [3.8, 4) is 5.75 Å². The summed E-state index contributed by atoms with van der Waals surface area (Å²) >= 11 is 0. The minimum Gasteiger partial charge on any atom is -0.497 e. The van der Waals surface area contributed by atoms with Gasteiger partial charge in [-0.05, 0) is 73.1 Å². The van der Waals surface area contributed by atoms with Gasteiger partial charge in [0.1, 0.15) is 11.4 Å². The Balaban J connectivity index is 2.40. The number of anilines is 1. The van der Waals surface area contributed by atoms with E-state index in [1.165, 1.54) is 0 Å². The van der Waals surface area contributed by atoms with Crippen molar-refractivity contribution in [1.82, 2.24) is 0 Å². The molecule has 0 spiro atoms. The summed E-state index contributed by atoms with van der Waals surface area (Å²) in [6.45, 7) is 15.3. The third kappa shape index (κ3) is 4.33. The van der Waals surface area contributed by atoms with Gasteiger partial charge < -0.3 is 18.8 Å². The number of amides is 1. The second-order valence-electron chi connectivity index (χ2n) is 8.62. The van der Waals surface area contributed by atoms with E-state index in [9.17, 15) is 4.79 Å². The van der Waals surface area contributed by atoms with Crippen molar-refractivity contribution in [1.29, 1.82) is 0 Å². The lowest BCUT2D eigenvalue weighted by atomic mass is 9.77. The Morgan fingerprint density at radius 2 is 1.65 bits per heavy atom. The fourth-order valence-corrected chi connectivity index (χ4v) is 2.61. The first-order chi connectivity index (χ1) is 11.8. The molecule has 1 aromatic rings. The maximum absolute atomic E-state index is 12.3. The van der Waals surface area contributed by atoms with Gasteiger partial charge in [-0.2, -0.15) is 0 Å². The molecule has 144 valence electrons. The molecule has 1 aliphatic heterocycles. The van der Waals surface area contributed by atoms with Crippen LogP contribution in [-0.4, -0.2) is 37.1 Å². The summed E-state index contributed by atoms with van der Waals surface area (Å²) in [5.41, 5.74) is 0.598. The van der Waals surface area contributed by atoms with Crippen LogP contribution in [0, 0.1) is 6.92 Å². The van der Waals surface area contributed by atoms with E-state index in [0.29, 0.717) is 16.9 Å². The summed E-state index contributed by atoms with van der Waals surface area (Å²) in [6, 6.07) is 3.67. The summed E-state index contributed by atoms with van der Waals surface area (Å²) in [5, 5.41) is 2.81. The van der Waals surface area contributed by atoms with Gasteiger partial charge in [0.15, 0.2) is 0 Å². The fraction of sp³-hybridized carbons (Fsp3) is 0.632. The van der Waals surface area contributed by atoms with Gasteiger partial charge in [0.2, 0.25) is 0 Å². The van der Waals surface area contributed by atoms with E-state index < -0.39 is 30.0 Å². The molecule has 0 aromatic heterocycles. The minimum absolute atomic E-state index is 0.487. The molecular weight excluding hydrogens is 333 g/mol. The zero-order valence-corrected chi connectivity index (χ0v) is 17.3. The summed E-state index contributed by atoms with van der Waals surface area (Å²) < 4.78 is 23.1. The van der Waals surface area contributed by atoms with Gasteiger partial charge in [0.05, 0.1) is 18.3 Å². The molecule has 0 saturated carbocycles. The number of aryl methyl sites for hydroxylation is 1. The minimum atomic E-state index is -0.626. The maximum Gasteiger partial charge on any atom is 0.497 e. The SMILES string of the molecule is COc1cc(B2OC(C)(C)C(C)(C)O2)c(NC(=O)OC(C)(C)C)cc1C. The quantitative estimate of drug-likeness (QED) is 0.831. The number of rotatable bonds is 3. The Kier molecular flexibility index (Phi) is 5.37. The molecule has 0 radical (unpaired) electrons. The maximum atomic E-state index is 12.3. The van der Waals surface area contributed by atoms with Crippen LogP contribution >= 0.6 is 0 Å². The van der Waals surface area contributed by atoms with E-state index in [2.05, 4.69) is 5.32 Å². The van der Waals surface area contributed by atoms with Gasteiger partial charge in [0.25, 0.3) is 0 Å². The molecule has 1 aliphatic rings. The van der Waals surface area contributed by atoms with Crippen LogP contribution < -0.4 is 15.5 Å². The Morgan fingerprint density at radius 1 is 1.12 bits per heavy atom. The van der Waals surface area contributed by atoms with Crippen molar-refractivity contribution in [2.45, 2.75) is 72.2 Å². The predicted octanol–water partition coefficient (Wildman–Crippen LogP) is 3.65. The summed E-state index contributed by atoms with van der Waals surface area (Å²) in [5.74, 6) is 0.699. The van der Waals surface area contributed by atoms with E-state index in [4.69, 9.17) is 18.8 Å². The van der Waals surface area contributed by atoms with Crippen LogP contribution in [0.4, 0.5) is 10.5 Å². The van der Waals surface area contributed by atoms with E-state index >= 15 is 0 Å². The monoisotopic (exact) mass is 363 g/mol. The number of hydrogen-bond acceptors (Lipinski definition) is 5. The Morgan fingerprint density at radius 3 is 2.12 bits per heavy atom. The van der Waals surface area contributed by atoms with Crippen LogP contribution in [0.1, 0.15) is 54.0 Å². The smallest absolute Gasteiger partial charge is 0.497 e. The molecule has 0 bridgehead atoms. The third-order valence-corrected chi connectivity index (χ3v) is 4.71. The Hall–Kier alpha value is -1.73. The lowest BCUT2D eigenvalue weighted by molar-refractivity contribution is 0.00578. The van der Waals surface area contributed by atoms with Crippen molar-refractivity contribution in [3.05, 3.63) is 17.7 Å². The number of hydrogen-bond donors (Lipinski definition) is 1. The second kappa shape index (κ2) is 6.78. The van der Waals surface area contributed by atoms with Gasteiger partial charge in [-0.15, -0.1) is 0 Å². The summed E-state index contributed by atoms with van der Waals surface area (Å²) in [7, 11) is 0.983. The molecule has 1 N–H and O–H groups in total. The van der Waals surface area contributed by atoms with Crippen LogP contribution in [0.15, 0.2) is 12.1 Å². The van der Waals surface area contributed by atoms with Crippen LogP contribution in [-0.2, 0) is 14.0 Å². The van der Waals surface area contributed by atoms with Crippen LogP contribution in [0.5, 0.6) is 5.75 Å². The zero-order valence-electron chi connectivity index (χ0n) is 17.3. The van der Waals surface area contributed by atoms with Gasteiger partial charge in [0, 0.05) is 11.2 Å². The summed E-state index contributed by atoms with van der Waals surface area (Å²) in [6.07, 6.45) is -0.528. The molecule has 2 rings (SSSR count). The Bertz CT molecular complexity index is 678. The normalized spacial score (nSPS) is 18.6. The second-order valence-corrected chi connectivity index (χ2v) is 8.62. The van der Waals surface area contributed by atoms with Gasteiger partial charge in [-0.25, -0.2) is 4.79 Å². The van der Waals surface area contributed by atoms with Crippen LogP contribution in [0.3, 0.4) is 0 Å². The van der Waals surface area contributed by atoms with E-state index in [1.807, 2.05) is 67.5 Å². The largest absolute Gasteiger partial charge is 0.497 e.